The van der Waals surface area contributed by atoms with Crippen LogP contribution in [0.4, 0.5) is 11.4 Å². The van der Waals surface area contributed by atoms with Crippen LogP contribution >= 0.6 is 11.8 Å². The van der Waals surface area contributed by atoms with Gasteiger partial charge in [0, 0.05) is 22.9 Å². The molecule has 0 saturated heterocycles. The molecular weight excluding hydrogens is 224 g/mol. The van der Waals surface area contributed by atoms with E-state index in [4.69, 9.17) is 10.8 Å². The van der Waals surface area contributed by atoms with Crippen molar-refractivity contribution in [2.24, 2.45) is 0 Å². The lowest BCUT2D eigenvalue weighted by Gasteiger charge is -2.33. The Balaban J connectivity index is 2.38. The van der Waals surface area contributed by atoms with Gasteiger partial charge in [-0.15, -0.1) is 11.8 Å². The maximum absolute atomic E-state index is 11.0. The summed E-state index contributed by atoms with van der Waals surface area (Å²) < 4.78 is 0. The second-order valence-corrected chi connectivity index (χ2v) is 4.92. The van der Waals surface area contributed by atoms with Gasteiger partial charge >= 0.3 is 5.97 Å². The highest BCUT2D eigenvalue weighted by Gasteiger charge is 2.25. The van der Waals surface area contributed by atoms with E-state index in [1.807, 2.05) is 23.1 Å². The van der Waals surface area contributed by atoms with Crippen molar-refractivity contribution in [2.45, 2.75) is 17.9 Å². The van der Waals surface area contributed by atoms with Gasteiger partial charge in [0.25, 0.3) is 0 Å². The van der Waals surface area contributed by atoms with E-state index in [9.17, 15) is 4.79 Å². The summed E-state index contributed by atoms with van der Waals surface area (Å²) in [5.41, 5.74) is 7.34. The quantitative estimate of drug-likeness (QED) is 0.767. The van der Waals surface area contributed by atoms with Gasteiger partial charge in [0.05, 0.1) is 5.69 Å². The van der Waals surface area contributed by atoms with Gasteiger partial charge in [-0.25, -0.2) is 4.79 Å². The molecule has 1 heterocycles. The SMILES string of the molecule is CC(C(=O)O)N1CCSc2ccc(N)cc21. The number of aliphatic carboxylic acids is 1. The number of nitrogens with two attached hydrogens (primary N) is 1. The average Bonchev–Trinajstić information content (AvgIpc) is 2.27. The fraction of sp³-hybridized carbons (Fsp3) is 0.364. The van der Waals surface area contributed by atoms with Gasteiger partial charge < -0.3 is 15.7 Å². The summed E-state index contributed by atoms with van der Waals surface area (Å²) in [5, 5.41) is 9.05. The Bertz CT molecular complexity index is 422. The Kier molecular flexibility index (Phi) is 2.96. The number of hydrogen-bond acceptors (Lipinski definition) is 4. The summed E-state index contributed by atoms with van der Waals surface area (Å²) in [7, 11) is 0. The minimum Gasteiger partial charge on any atom is -0.480 e. The zero-order valence-electron chi connectivity index (χ0n) is 9.01. The van der Waals surface area contributed by atoms with Gasteiger partial charge in [-0.05, 0) is 25.1 Å². The van der Waals surface area contributed by atoms with E-state index in [2.05, 4.69) is 0 Å². The predicted molar refractivity (Wildman–Crippen MR) is 66.0 cm³/mol. The molecule has 1 aromatic rings. The van der Waals surface area contributed by atoms with Gasteiger partial charge in [0.1, 0.15) is 6.04 Å². The second kappa shape index (κ2) is 4.25. The molecule has 0 fully saturated rings. The third-order valence-electron chi connectivity index (χ3n) is 2.71. The molecule has 0 bridgehead atoms. The summed E-state index contributed by atoms with van der Waals surface area (Å²) >= 11 is 1.74. The fourth-order valence-electron chi connectivity index (χ4n) is 1.79. The van der Waals surface area contributed by atoms with Gasteiger partial charge in [-0.2, -0.15) is 0 Å². The molecule has 0 saturated carbocycles. The summed E-state index contributed by atoms with van der Waals surface area (Å²) in [5.74, 6) is 0.106. The first-order valence-electron chi connectivity index (χ1n) is 5.11. The molecule has 0 aromatic heterocycles. The lowest BCUT2D eigenvalue weighted by atomic mass is 10.2. The molecule has 4 nitrogen and oxygen atoms in total. The summed E-state index contributed by atoms with van der Waals surface area (Å²) in [4.78, 5) is 14.0. The monoisotopic (exact) mass is 238 g/mol. The van der Waals surface area contributed by atoms with Crippen LogP contribution in [0, 0.1) is 0 Å². The zero-order valence-corrected chi connectivity index (χ0v) is 9.83. The van der Waals surface area contributed by atoms with Crippen molar-refractivity contribution in [3.63, 3.8) is 0 Å². The summed E-state index contributed by atoms with van der Waals surface area (Å²) in [6.45, 7) is 2.44. The van der Waals surface area contributed by atoms with Crippen LogP contribution < -0.4 is 10.6 Å². The van der Waals surface area contributed by atoms with Gasteiger partial charge in [0.2, 0.25) is 0 Å². The molecule has 16 heavy (non-hydrogen) atoms. The van der Waals surface area contributed by atoms with Gasteiger partial charge in [-0.1, -0.05) is 0 Å². The molecule has 1 atom stereocenters. The summed E-state index contributed by atoms with van der Waals surface area (Å²) in [6.07, 6.45) is 0. The van der Waals surface area contributed by atoms with Crippen molar-refractivity contribution in [3.05, 3.63) is 18.2 Å². The Morgan fingerprint density at radius 1 is 1.62 bits per heavy atom. The minimum atomic E-state index is -0.805. The first kappa shape index (κ1) is 11.1. The zero-order chi connectivity index (χ0) is 11.7. The molecule has 86 valence electrons. The van der Waals surface area contributed by atoms with Crippen molar-refractivity contribution in [1.29, 1.82) is 0 Å². The number of carboxylic acid groups (broad SMARTS) is 1. The molecule has 5 heteroatoms. The molecule has 1 unspecified atom stereocenters. The molecule has 0 radical (unpaired) electrons. The number of hydrogen-bond donors (Lipinski definition) is 2. The highest BCUT2D eigenvalue weighted by molar-refractivity contribution is 7.99. The Hall–Kier alpha value is -1.36. The molecule has 2 rings (SSSR count). The van der Waals surface area contributed by atoms with Crippen molar-refractivity contribution in [2.75, 3.05) is 22.9 Å². The highest BCUT2D eigenvalue weighted by Crippen LogP contribution is 2.36. The standard InChI is InChI=1S/C11H14N2O2S/c1-7(11(14)15)13-4-5-16-10-3-2-8(12)6-9(10)13/h2-3,6-7H,4-5,12H2,1H3,(H,14,15). The largest absolute Gasteiger partial charge is 0.480 e. The number of anilines is 2. The van der Waals surface area contributed by atoms with Crippen LogP contribution in [0.3, 0.4) is 0 Å². The summed E-state index contributed by atoms with van der Waals surface area (Å²) in [6, 6.07) is 5.14. The third-order valence-corrected chi connectivity index (χ3v) is 3.75. The molecule has 1 aliphatic heterocycles. The Morgan fingerprint density at radius 3 is 3.06 bits per heavy atom. The van der Waals surface area contributed by atoms with Crippen molar-refractivity contribution in [3.8, 4) is 0 Å². The van der Waals surface area contributed by atoms with Crippen LogP contribution in [0.25, 0.3) is 0 Å². The normalized spacial score (nSPS) is 16.7. The first-order chi connectivity index (χ1) is 7.59. The number of fused-ring (bicyclic) bond motifs is 1. The van der Waals surface area contributed by atoms with E-state index in [-0.39, 0.29) is 0 Å². The first-order valence-corrected chi connectivity index (χ1v) is 6.10. The predicted octanol–water partition coefficient (Wildman–Crippen LogP) is 1.65. The molecule has 0 aliphatic carbocycles. The van der Waals surface area contributed by atoms with E-state index in [1.165, 1.54) is 0 Å². The van der Waals surface area contributed by atoms with Crippen LogP contribution in [0.2, 0.25) is 0 Å². The van der Waals surface area contributed by atoms with Crippen molar-refractivity contribution >= 4 is 29.1 Å². The minimum absolute atomic E-state index is 0.513. The van der Waals surface area contributed by atoms with E-state index < -0.39 is 12.0 Å². The van der Waals surface area contributed by atoms with Crippen molar-refractivity contribution < 1.29 is 9.90 Å². The van der Waals surface area contributed by atoms with Crippen LogP contribution in [-0.2, 0) is 4.79 Å². The number of thioether (sulfide) groups is 1. The Labute approximate surface area is 98.4 Å². The van der Waals surface area contributed by atoms with E-state index in [1.54, 1.807) is 18.7 Å². The van der Waals surface area contributed by atoms with E-state index in [0.717, 1.165) is 22.9 Å². The molecule has 0 amide bonds. The van der Waals surface area contributed by atoms with Crippen LogP contribution in [0.5, 0.6) is 0 Å². The van der Waals surface area contributed by atoms with Crippen LogP contribution in [0.15, 0.2) is 23.1 Å². The molecular formula is C11H14N2O2S. The third kappa shape index (κ3) is 1.95. The van der Waals surface area contributed by atoms with E-state index in [0.29, 0.717) is 5.69 Å². The molecule has 3 N–H and O–H groups in total. The number of carboxylic acids is 1. The lowest BCUT2D eigenvalue weighted by molar-refractivity contribution is -0.138. The number of rotatable bonds is 2. The number of benzene rings is 1. The van der Waals surface area contributed by atoms with Gasteiger partial charge in [-0.3, -0.25) is 0 Å². The highest BCUT2D eigenvalue weighted by atomic mass is 32.2. The Morgan fingerprint density at radius 2 is 2.38 bits per heavy atom. The smallest absolute Gasteiger partial charge is 0.326 e. The molecule has 0 spiro atoms. The average molecular weight is 238 g/mol. The topological polar surface area (TPSA) is 66.6 Å². The lowest BCUT2D eigenvalue weighted by Crippen LogP contribution is -2.42. The second-order valence-electron chi connectivity index (χ2n) is 3.78. The number of nitrogen functional groups attached to an aromatic ring is 1. The number of nitrogens with zero attached hydrogens (tertiary/aromatic N) is 1. The number of carbonyl (C=O) groups is 1. The maximum atomic E-state index is 11.0. The van der Waals surface area contributed by atoms with Crippen molar-refractivity contribution in [1.82, 2.24) is 0 Å². The van der Waals surface area contributed by atoms with E-state index >= 15 is 0 Å². The maximum Gasteiger partial charge on any atom is 0.326 e. The fourth-order valence-corrected chi connectivity index (χ4v) is 2.79. The molecule has 1 aliphatic rings. The molecule has 1 aromatic carbocycles. The van der Waals surface area contributed by atoms with Gasteiger partial charge in [0.15, 0.2) is 0 Å². The van der Waals surface area contributed by atoms with Crippen LogP contribution in [0.1, 0.15) is 6.92 Å². The van der Waals surface area contributed by atoms with Crippen LogP contribution in [-0.4, -0.2) is 29.4 Å².